The lowest BCUT2D eigenvalue weighted by Crippen LogP contribution is -2.32. The van der Waals surface area contributed by atoms with Gasteiger partial charge in [-0.1, -0.05) is 13.0 Å². The van der Waals surface area contributed by atoms with Crippen LogP contribution in [-0.4, -0.2) is 27.2 Å². The number of aromatic nitrogens is 3. The average molecular weight is 360 g/mol. The van der Waals surface area contributed by atoms with Gasteiger partial charge in [0.15, 0.2) is 5.82 Å². The molecule has 128 valence electrons. The van der Waals surface area contributed by atoms with Crippen LogP contribution in [0.15, 0.2) is 24.4 Å². The number of rotatable bonds is 5. The normalized spacial score (nSPS) is 11.1. The van der Waals surface area contributed by atoms with Gasteiger partial charge in [-0.2, -0.15) is 5.10 Å². The van der Waals surface area contributed by atoms with Crippen LogP contribution in [0.5, 0.6) is 0 Å². The van der Waals surface area contributed by atoms with Gasteiger partial charge in [0.1, 0.15) is 0 Å². The molecule has 2 heterocycles. The second-order valence-corrected chi connectivity index (χ2v) is 5.22. The van der Waals surface area contributed by atoms with E-state index in [-0.39, 0.29) is 36.6 Å². The second-order valence-electron chi connectivity index (χ2n) is 5.22. The Morgan fingerprint density at radius 3 is 2.52 bits per heavy atom. The zero-order valence-corrected chi connectivity index (χ0v) is 15.1. The Hall–Kier alpha value is -1.63. The van der Waals surface area contributed by atoms with E-state index in [0.717, 1.165) is 22.8 Å². The Morgan fingerprint density at radius 1 is 1.35 bits per heavy atom. The van der Waals surface area contributed by atoms with E-state index in [1.165, 1.54) is 0 Å². The summed E-state index contributed by atoms with van der Waals surface area (Å²) in [5.74, 6) is 0.554. The molecule has 0 bridgehead atoms. The molecule has 0 aliphatic carbocycles. The summed E-state index contributed by atoms with van der Waals surface area (Å²) in [6, 6.07) is 5.84. The number of nitrogens with one attached hydrogen (secondary N) is 1. The summed E-state index contributed by atoms with van der Waals surface area (Å²) in [5, 5.41) is 7.23. The highest BCUT2D eigenvalue weighted by Gasteiger charge is 2.10. The number of hydrogen-bond donors (Lipinski definition) is 2. The highest BCUT2D eigenvalue weighted by molar-refractivity contribution is 5.85. The number of aryl methyl sites for hydroxylation is 2. The van der Waals surface area contributed by atoms with E-state index in [1.54, 1.807) is 17.8 Å². The summed E-state index contributed by atoms with van der Waals surface area (Å²) < 4.78 is 1.80. The van der Waals surface area contributed by atoms with Crippen LogP contribution in [-0.2, 0) is 11.3 Å². The molecule has 0 aromatic carbocycles. The number of pyridine rings is 1. The maximum absolute atomic E-state index is 11.7. The van der Waals surface area contributed by atoms with Gasteiger partial charge >= 0.3 is 0 Å². The molecule has 0 fully saturated rings. The summed E-state index contributed by atoms with van der Waals surface area (Å²) >= 11 is 0. The van der Waals surface area contributed by atoms with E-state index in [9.17, 15) is 4.79 Å². The van der Waals surface area contributed by atoms with Crippen molar-refractivity contribution in [3.8, 4) is 5.82 Å². The van der Waals surface area contributed by atoms with Crippen molar-refractivity contribution in [2.75, 3.05) is 6.54 Å². The average Bonchev–Trinajstić information content (AvgIpc) is 2.83. The van der Waals surface area contributed by atoms with Crippen LogP contribution in [0.1, 0.15) is 23.9 Å². The molecule has 0 saturated heterocycles. The lowest BCUT2D eigenvalue weighted by molar-refractivity contribution is -0.124. The fourth-order valence-corrected chi connectivity index (χ4v) is 1.98. The Kier molecular flexibility index (Phi) is 8.82. The van der Waals surface area contributed by atoms with Gasteiger partial charge in [0, 0.05) is 30.9 Å². The quantitative estimate of drug-likeness (QED) is 0.853. The molecule has 2 aromatic rings. The lowest BCUT2D eigenvalue weighted by Gasteiger charge is -2.10. The molecular weight excluding hydrogens is 337 g/mol. The Labute approximate surface area is 148 Å². The smallest absolute Gasteiger partial charge is 0.224 e. The van der Waals surface area contributed by atoms with E-state index in [4.69, 9.17) is 5.73 Å². The van der Waals surface area contributed by atoms with Gasteiger partial charge in [-0.05, 0) is 31.5 Å². The van der Waals surface area contributed by atoms with Gasteiger partial charge < -0.3 is 11.1 Å². The van der Waals surface area contributed by atoms with Gasteiger partial charge in [-0.3, -0.25) is 4.79 Å². The topological polar surface area (TPSA) is 85.8 Å². The molecule has 2 aromatic heterocycles. The molecule has 0 aliphatic heterocycles. The minimum atomic E-state index is -0.174. The first kappa shape index (κ1) is 21.4. The highest BCUT2D eigenvalue weighted by atomic mass is 35.5. The minimum Gasteiger partial charge on any atom is -0.352 e. The number of carbonyl (C=O) groups is 1. The van der Waals surface area contributed by atoms with E-state index >= 15 is 0 Å². The highest BCUT2D eigenvalue weighted by Crippen LogP contribution is 2.10. The zero-order valence-electron chi connectivity index (χ0n) is 13.4. The Balaban J connectivity index is 0.00000242. The first-order valence-electron chi connectivity index (χ1n) is 6.97. The summed E-state index contributed by atoms with van der Waals surface area (Å²) in [6.07, 6.45) is 1.75. The van der Waals surface area contributed by atoms with Crippen LogP contribution < -0.4 is 11.1 Å². The molecule has 8 heteroatoms. The van der Waals surface area contributed by atoms with Crippen molar-refractivity contribution >= 4 is 30.7 Å². The molecule has 1 amide bonds. The number of hydrogen-bond acceptors (Lipinski definition) is 4. The second kappa shape index (κ2) is 9.50. The third-order valence-corrected chi connectivity index (χ3v) is 3.30. The molecular formula is C15H23Cl2N5O. The van der Waals surface area contributed by atoms with Crippen LogP contribution in [0.2, 0.25) is 0 Å². The van der Waals surface area contributed by atoms with Crippen molar-refractivity contribution in [2.24, 2.45) is 11.7 Å². The first-order valence-corrected chi connectivity index (χ1v) is 6.97. The molecule has 6 nitrogen and oxygen atoms in total. The molecule has 0 spiro atoms. The van der Waals surface area contributed by atoms with Crippen molar-refractivity contribution < 1.29 is 4.79 Å². The molecule has 2 rings (SSSR count). The first-order chi connectivity index (χ1) is 10.0. The maximum Gasteiger partial charge on any atom is 0.224 e. The molecule has 1 atom stereocenters. The molecule has 1 unspecified atom stereocenters. The molecule has 0 radical (unpaired) electrons. The minimum absolute atomic E-state index is 0. The monoisotopic (exact) mass is 359 g/mol. The third kappa shape index (κ3) is 5.49. The van der Waals surface area contributed by atoms with Crippen molar-refractivity contribution in [1.82, 2.24) is 20.1 Å². The molecule has 0 saturated carbocycles. The van der Waals surface area contributed by atoms with Crippen molar-refractivity contribution in [3.05, 3.63) is 41.3 Å². The molecule has 3 N–H and O–H groups in total. The number of halogens is 2. The van der Waals surface area contributed by atoms with Gasteiger partial charge in [0.25, 0.3) is 0 Å². The van der Waals surface area contributed by atoms with Gasteiger partial charge in [0.2, 0.25) is 5.91 Å². The van der Waals surface area contributed by atoms with Crippen LogP contribution in [0.3, 0.4) is 0 Å². The van der Waals surface area contributed by atoms with E-state index < -0.39 is 0 Å². The summed E-state index contributed by atoms with van der Waals surface area (Å²) in [7, 11) is 0. The lowest BCUT2D eigenvalue weighted by atomic mass is 10.1. The fraction of sp³-hybridized carbons (Fsp3) is 0.400. The Bertz CT molecular complexity index is 627. The van der Waals surface area contributed by atoms with Crippen LogP contribution >= 0.6 is 24.8 Å². The Morgan fingerprint density at radius 2 is 2.04 bits per heavy atom. The van der Waals surface area contributed by atoms with Crippen molar-refractivity contribution in [2.45, 2.75) is 27.3 Å². The largest absolute Gasteiger partial charge is 0.352 e. The summed E-state index contributed by atoms with van der Waals surface area (Å²) in [5.41, 5.74) is 8.40. The number of carbonyl (C=O) groups excluding carboxylic acids is 1. The van der Waals surface area contributed by atoms with E-state index in [1.807, 2.05) is 32.0 Å². The SMILES string of the molecule is Cc1cc(C)n(-c2ccc(CNC(=O)C(C)CN)cn2)n1.Cl.Cl. The molecule has 23 heavy (non-hydrogen) atoms. The summed E-state index contributed by atoms with van der Waals surface area (Å²) in [4.78, 5) is 16.0. The molecule has 0 aliphatic rings. The van der Waals surface area contributed by atoms with Gasteiger partial charge in [-0.15, -0.1) is 24.8 Å². The fourth-order valence-electron chi connectivity index (χ4n) is 1.98. The van der Waals surface area contributed by atoms with Gasteiger partial charge in [0.05, 0.1) is 5.69 Å². The predicted octanol–water partition coefficient (Wildman–Crippen LogP) is 1.94. The maximum atomic E-state index is 11.7. The van der Waals surface area contributed by atoms with E-state index in [0.29, 0.717) is 13.1 Å². The van der Waals surface area contributed by atoms with Crippen molar-refractivity contribution in [3.63, 3.8) is 0 Å². The number of nitrogens with zero attached hydrogens (tertiary/aromatic N) is 3. The van der Waals surface area contributed by atoms with E-state index in [2.05, 4.69) is 15.4 Å². The van der Waals surface area contributed by atoms with Gasteiger partial charge in [-0.25, -0.2) is 9.67 Å². The van der Waals surface area contributed by atoms with Crippen LogP contribution in [0, 0.1) is 19.8 Å². The standard InChI is InChI=1S/C15H21N5O.2ClH/c1-10(7-16)15(21)18-9-13-4-5-14(17-8-13)20-12(3)6-11(2)19-20;;/h4-6,8,10H,7,9,16H2,1-3H3,(H,18,21);2*1H. The summed E-state index contributed by atoms with van der Waals surface area (Å²) in [6.45, 7) is 6.55. The predicted molar refractivity (Wildman–Crippen MR) is 95.4 cm³/mol. The number of nitrogens with two attached hydrogens (primary N) is 1. The third-order valence-electron chi connectivity index (χ3n) is 3.30. The van der Waals surface area contributed by atoms with Crippen molar-refractivity contribution in [1.29, 1.82) is 0 Å². The van der Waals surface area contributed by atoms with Crippen LogP contribution in [0.4, 0.5) is 0 Å². The van der Waals surface area contributed by atoms with Crippen LogP contribution in [0.25, 0.3) is 5.82 Å². The number of amides is 1. The zero-order chi connectivity index (χ0) is 15.4.